The fraction of sp³-hybridized carbons (Fsp3) is 0.536. The molecule has 0 saturated carbocycles. The molecule has 1 N–H and O–H groups in total. The summed E-state index contributed by atoms with van der Waals surface area (Å²) in [5.74, 6) is -0.0357. The lowest BCUT2D eigenvalue weighted by Gasteiger charge is -2.38. The number of hydrogen-bond donors (Lipinski definition) is 1. The van der Waals surface area contributed by atoms with E-state index in [1.165, 1.54) is 17.3 Å². The molecule has 36 heavy (non-hydrogen) atoms. The third kappa shape index (κ3) is 5.86. The Bertz CT molecular complexity index is 1060. The third-order valence-corrected chi connectivity index (χ3v) is 7.96. The smallest absolute Gasteiger partial charge is 0.371 e. The van der Waals surface area contributed by atoms with Crippen molar-refractivity contribution in [2.45, 2.75) is 57.4 Å². The Morgan fingerprint density at radius 3 is 2.44 bits per heavy atom. The SMILES string of the molecule is Cc1ccc(N2CCC(N3CCC(NC(=O)CN4CCc5ccc(C(F)(F)F)cc5C4)C3)CC2)cc1. The Morgan fingerprint density at radius 1 is 0.972 bits per heavy atom. The molecule has 2 aromatic carbocycles. The summed E-state index contributed by atoms with van der Waals surface area (Å²) in [4.78, 5) is 19.7. The lowest BCUT2D eigenvalue weighted by molar-refractivity contribution is -0.137. The highest BCUT2D eigenvalue weighted by Gasteiger charge is 2.33. The first-order valence-electron chi connectivity index (χ1n) is 13.0. The van der Waals surface area contributed by atoms with Gasteiger partial charge in [0.05, 0.1) is 12.1 Å². The largest absolute Gasteiger partial charge is 0.416 e. The zero-order valence-electron chi connectivity index (χ0n) is 20.9. The second kappa shape index (κ2) is 10.4. The van der Waals surface area contributed by atoms with Crippen LogP contribution >= 0.6 is 0 Å². The summed E-state index contributed by atoms with van der Waals surface area (Å²) >= 11 is 0. The monoisotopic (exact) mass is 500 g/mol. The molecule has 2 aromatic rings. The van der Waals surface area contributed by atoms with Crippen molar-refractivity contribution < 1.29 is 18.0 Å². The number of carbonyl (C=O) groups is 1. The van der Waals surface area contributed by atoms with Gasteiger partial charge in [0.15, 0.2) is 0 Å². The molecular formula is C28H35F3N4O. The van der Waals surface area contributed by atoms with Gasteiger partial charge in [-0.15, -0.1) is 0 Å². The fourth-order valence-electron chi connectivity index (χ4n) is 5.88. The van der Waals surface area contributed by atoms with Gasteiger partial charge in [-0.1, -0.05) is 23.8 Å². The van der Waals surface area contributed by atoms with Crippen molar-refractivity contribution in [1.29, 1.82) is 0 Å². The van der Waals surface area contributed by atoms with E-state index in [2.05, 4.69) is 46.3 Å². The minimum atomic E-state index is -4.35. The second-order valence-corrected chi connectivity index (χ2v) is 10.5. The van der Waals surface area contributed by atoms with Gasteiger partial charge in [-0.3, -0.25) is 14.6 Å². The molecule has 8 heteroatoms. The minimum absolute atomic E-state index is 0.0357. The molecule has 0 bridgehead atoms. The van der Waals surface area contributed by atoms with Crippen LogP contribution in [0.2, 0.25) is 0 Å². The van der Waals surface area contributed by atoms with Crippen LogP contribution in [0.25, 0.3) is 0 Å². The first-order chi connectivity index (χ1) is 17.2. The molecule has 194 valence electrons. The summed E-state index contributed by atoms with van der Waals surface area (Å²) < 4.78 is 39.3. The summed E-state index contributed by atoms with van der Waals surface area (Å²) in [6.45, 7) is 7.36. The van der Waals surface area contributed by atoms with Crippen LogP contribution < -0.4 is 10.2 Å². The zero-order chi connectivity index (χ0) is 25.3. The van der Waals surface area contributed by atoms with Crippen LogP contribution in [0.5, 0.6) is 0 Å². The van der Waals surface area contributed by atoms with Gasteiger partial charge in [0.25, 0.3) is 0 Å². The number of nitrogens with one attached hydrogen (secondary N) is 1. The molecule has 0 aliphatic carbocycles. The van der Waals surface area contributed by atoms with Crippen molar-refractivity contribution in [1.82, 2.24) is 15.1 Å². The van der Waals surface area contributed by atoms with E-state index >= 15 is 0 Å². The number of piperidine rings is 1. The number of alkyl halides is 3. The van der Waals surface area contributed by atoms with E-state index in [9.17, 15) is 18.0 Å². The van der Waals surface area contributed by atoms with Gasteiger partial charge < -0.3 is 10.2 Å². The van der Waals surface area contributed by atoms with Crippen LogP contribution in [0.1, 0.15) is 41.5 Å². The number of amides is 1. The Kier molecular flexibility index (Phi) is 7.26. The van der Waals surface area contributed by atoms with Gasteiger partial charge >= 0.3 is 6.18 Å². The second-order valence-electron chi connectivity index (χ2n) is 10.5. The van der Waals surface area contributed by atoms with Gasteiger partial charge in [0.2, 0.25) is 5.91 Å². The molecule has 3 aliphatic heterocycles. The average Bonchev–Trinajstić information content (AvgIpc) is 3.32. The summed E-state index contributed by atoms with van der Waals surface area (Å²) in [5.41, 5.74) is 3.57. The topological polar surface area (TPSA) is 38.8 Å². The standard InChI is InChI=1S/C28H35F3N4O/c1-20-2-6-25(7-3-20)34-14-10-26(11-15-34)35-13-9-24(18-35)32-27(36)19-33-12-8-21-4-5-23(28(29,30)31)16-22(21)17-33/h2-7,16,24,26H,8-15,17-19H2,1H3,(H,32,36). The average molecular weight is 501 g/mol. The van der Waals surface area contributed by atoms with E-state index in [-0.39, 0.29) is 18.5 Å². The highest BCUT2D eigenvalue weighted by molar-refractivity contribution is 5.78. The highest BCUT2D eigenvalue weighted by atomic mass is 19.4. The molecule has 0 radical (unpaired) electrons. The fourth-order valence-corrected chi connectivity index (χ4v) is 5.88. The lowest BCUT2D eigenvalue weighted by atomic mass is 9.97. The lowest BCUT2D eigenvalue weighted by Crippen LogP contribution is -2.47. The van der Waals surface area contributed by atoms with E-state index in [0.717, 1.165) is 57.1 Å². The predicted molar refractivity (Wildman–Crippen MR) is 135 cm³/mol. The van der Waals surface area contributed by atoms with Crippen LogP contribution in [-0.4, -0.2) is 67.1 Å². The van der Waals surface area contributed by atoms with E-state index in [0.29, 0.717) is 31.1 Å². The molecule has 1 amide bonds. The van der Waals surface area contributed by atoms with Crippen molar-refractivity contribution in [3.05, 3.63) is 64.7 Å². The maximum atomic E-state index is 13.1. The molecule has 1 unspecified atom stereocenters. The Balaban J connectivity index is 1.07. The van der Waals surface area contributed by atoms with Gasteiger partial charge in [-0.05, 0) is 68.0 Å². The van der Waals surface area contributed by atoms with Crippen LogP contribution in [0.15, 0.2) is 42.5 Å². The van der Waals surface area contributed by atoms with Gasteiger partial charge in [0, 0.05) is 57.0 Å². The summed E-state index contributed by atoms with van der Waals surface area (Å²) in [5, 5.41) is 3.18. The van der Waals surface area contributed by atoms with Gasteiger partial charge in [0.1, 0.15) is 0 Å². The van der Waals surface area contributed by atoms with Gasteiger partial charge in [-0.25, -0.2) is 0 Å². The van der Waals surface area contributed by atoms with Crippen LogP contribution in [-0.2, 0) is 23.9 Å². The Morgan fingerprint density at radius 2 is 1.72 bits per heavy atom. The number of hydrogen-bond acceptors (Lipinski definition) is 4. The number of nitrogens with zero attached hydrogens (tertiary/aromatic N) is 3. The number of likely N-dealkylation sites (tertiary alicyclic amines) is 1. The van der Waals surface area contributed by atoms with Crippen LogP contribution in [0.4, 0.5) is 18.9 Å². The molecule has 5 rings (SSSR count). The number of benzene rings is 2. The van der Waals surface area contributed by atoms with E-state index in [1.807, 2.05) is 4.90 Å². The number of halogens is 3. The number of rotatable bonds is 5. The molecule has 3 heterocycles. The van der Waals surface area contributed by atoms with Crippen molar-refractivity contribution in [2.75, 3.05) is 44.2 Å². The van der Waals surface area contributed by atoms with Crippen molar-refractivity contribution in [3.63, 3.8) is 0 Å². The normalized spacial score (nSPS) is 22.0. The number of fused-ring (bicyclic) bond motifs is 1. The van der Waals surface area contributed by atoms with Crippen molar-refractivity contribution in [3.8, 4) is 0 Å². The van der Waals surface area contributed by atoms with Crippen molar-refractivity contribution in [2.24, 2.45) is 0 Å². The summed E-state index contributed by atoms with van der Waals surface area (Å²) in [6.07, 6.45) is -0.482. The van der Waals surface area contributed by atoms with E-state index in [1.54, 1.807) is 6.07 Å². The molecule has 3 aliphatic rings. The Hall–Kier alpha value is -2.58. The summed E-state index contributed by atoms with van der Waals surface area (Å²) in [7, 11) is 0. The number of anilines is 1. The molecule has 0 spiro atoms. The first kappa shape index (κ1) is 25.1. The Labute approximate surface area is 211 Å². The maximum absolute atomic E-state index is 13.1. The molecule has 2 saturated heterocycles. The molecular weight excluding hydrogens is 465 g/mol. The molecule has 5 nitrogen and oxygen atoms in total. The zero-order valence-corrected chi connectivity index (χ0v) is 20.9. The highest BCUT2D eigenvalue weighted by Crippen LogP contribution is 2.32. The maximum Gasteiger partial charge on any atom is 0.416 e. The van der Waals surface area contributed by atoms with Crippen LogP contribution in [0.3, 0.4) is 0 Å². The van der Waals surface area contributed by atoms with Crippen molar-refractivity contribution >= 4 is 11.6 Å². The number of aryl methyl sites for hydroxylation is 1. The van der Waals surface area contributed by atoms with E-state index in [4.69, 9.17) is 0 Å². The third-order valence-electron chi connectivity index (χ3n) is 7.96. The van der Waals surface area contributed by atoms with Crippen LogP contribution in [0, 0.1) is 6.92 Å². The molecule has 2 fully saturated rings. The van der Waals surface area contributed by atoms with Gasteiger partial charge in [-0.2, -0.15) is 13.2 Å². The number of carbonyl (C=O) groups excluding carboxylic acids is 1. The molecule has 0 aromatic heterocycles. The quantitative estimate of drug-likeness (QED) is 0.667. The predicted octanol–water partition coefficient (Wildman–Crippen LogP) is 4.23. The van der Waals surface area contributed by atoms with E-state index < -0.39 is 11.7 Å². The first-order valence-corrected chi connectivity index (χ1v) is 13.0. The molecule has 1 atom stereocenters. The summed E-state index contributed by atoms with van der Waals surface area (Å²) in [6, 6.07) is 13.4. The minimum Gasteiger partial charge on any atom is -0.371 e.